The third kappa shape index (κ3) is 5.26. The van der Waals surface area contributed by atoms with Gasteiger partial charge in [-0.3, -0.25) is 0 Å². The van der Waals surface area contributed by atoms with Gasteiger partial charge in [-0.15, -0.1) is 0 Å². The maximum absolute atomic E-state index is 10.8. The van der Waals surface area contributed by atoms with Gasteiger partial charge in [-0.05, 0) is 0 Å². The summed E-state index contributed by atoms with van der Waals surface area (Å²) >= 11 is 5.12. The van der Waals surface area contributed by atoms with Crippen LogP contribution in [-0.4, -0.2) is 50.4 Å². The molecular formula is C22H28ClIN2O2. The van der Waals surface area contributed by atoms with Gasteiger partial charge in [0.05, 0.1) is 0 Å². The quantitative estimate of drug-likeness (QED) is 0.330. The Morgan fingerprint density at radius 2 is 1.71 bits per heavy atom. The first kappa shape index (κ1) is 21.6. The summed E-state index contributed by atoms with van der Waals surface area (Å²) in [7, 11) is 0. The topological polar surface area (TPSA) is 55.6 Å². The van der Waals surface area contributed by atoms with Crippen LogP contribution in [0, 0.1) is 0 Å². The number of carbonyl (C=O) groups excluding carboxylic acids is 1. The second-order valence-electron chi connectivity index (χ2n) is 7.08. The summed E-state index contributed by atoms with van der Waals surface area (Å²) in [4.78, 5) is 13.4. The minimum absolute atomic E-state index is 0.0404. The van der Waals surface area contributed by atoms with E-state index in [2.05, 4.69) is 54.3 Å². The molecule has 2 N–H and O–H groups in total. The number of hydrogen-bond donors (Lipinski definition) is 1. The van der Waals surface area contributed by atoms with Crippen molar-refractivity contribution in [3.63, 3.8) is 0 Å². The van der Waals surface area contributed by atoms with Gasteiger partial charge < -0.3 is 0 Å². The Balaban J connectivity index is 1.71. The number of nitrogens with two attached hydrogens (primary N) is 1. The SMILES string of the molecule is CC(c1ccccc1)(c1ccc(Cl)cc1)N1CCI(CCOCC(N)=O)CC1. The summed E-state index contributed by atoms with van der Waals surface area (Å²) in [5, 5.41) is 0.766. The Morgan fingerprint density at radius 3 is 2.32 bits per heavy atom. The van der Waals surface area contributed by atoms with Crippen LogP contribution < -0.4 is 5.73 Å². The van der Waals surface area contributed by atoms with Gasteiger partial charge in [-0.1, -0.05) is 0 Å². The number of carbonyl (C=O) groups is 1. The standard InChI is InChI=1S/C22H28ClIN2O2/c1-22(18-5-3-2-4-6-18,19-7-9-20(23)10-8-19)26-14-11-24(12-15-26)13-16-28-17-21(25)27/h2-10H,11-17H2,1H3,(H2,25,27). The molecule has 3 rings (SSSR count). The number of amides is 1. The number of ether oxygens (including phenoxy) is 1. The van der Waals surface area contributed by atoms with Crippen LogP contribution in [0.4, 0.5) is 0 Å². The Bertz CT molecular complexity index is 764. The van der Waals surface area contributed by atoms with Gasteiger partial charge in [0, 0.05) is 0 Å². The van der Waals surface area contributed by atoms with Crippen LogP contribution in [0.2, 0.25) is 5.02 Å². The van der Waals surface area contributed by atoms with Crippen molar-refractivity contribution >= 4 is 37.3 Å². The summed E-state index contributed by atoms with van der Waals surface area (Å²) in [6, 6.07) is 19.0. The fraction of sp³-hybridized carbons (Fsp3) is 0.409. The summed E-state index contributed by atoms with van der Waals surface area (Å²) < 4.78 is 9.07. The van der Waals surface area contributed by atoms with Gasteiger partial charge in [0.15, 0.2) is 0 Å². The second-order valence-corrected chi connectivity index (χ2v) is 14.0. The molecule has 0 aliphatic carbocycles. The molecule has 4 nitrogen and oxygen atoms in total. The summed E-state index contributed by atoms with van der Waals surface area (Å²) in [6.45, 7) is 5.22. The van der Waals surface area contributed by atoms with E-state index in [0.717, 1.165) is 22.5 Å². The molecule has 0 saturated carbocycles. The van der Waals surface area contributed by atoms with Crippen LogP contribution in [0.3, 0.4) is 0 Å². The van der Waals surface area contributed by atoms with E-state index in [4.69, 9.17) is 22.1 Å². The van der Waals surface area contributed by atoms with Crippen LogP contribution in [0.1, 0.15) is 18.1 Å². The third-order valence-electron chi connectivity index (χ3n) is 5.35. The molecule has 1 aliphatic rings. The summed E-state index contributed by atoms with van der Waals surface area (Å²) in [5.74, 6) is -0.389. The maximum atomic E-state index is 10.8. The molecular weight excluding hydrogens is 487 g/mol. The van der Waals surface area contributed by atoms with E-state index in [1.165, 1.54) is 20.0 Å². The molecule has 152 valence electrons. The zero-order valence-corrected chi connectivity index (χ0v) is 19.2. The molecule has 0 bridgehead atoms. The van der Waals surface area contributed by atoms with Crippen molar-refractivity contribution in [2.75, 3.05) is 39.6 Å². The zero-order chi connectivity index (χ0) is 20.0. The number of rotatable bonds is 8. The van der Waals surface area contributed by atoms with E-state index in [0.29, 0.717) is 6.61 Å². The van der Waals surface area contributed by atoms with Crippen molar-refractivity contribution in [1.29, 1.82) is 0 Å². The fourth-order valence-corrected chi connectivity index (χ4v) is 8.90. The minimum atomic E-state index is -1.02. The monoisotopic (exact) mass is 514 g/mol. The van der Waals surface area contributed by atoms with Gasteiger partial charge in [0.25, 0.3) is 0 Å². The molecule has 1 heterocycles. The van der Waals surface area contributed by atoms with Crippen molar-refractivity contribution in [3.8, 4) is 0 Å². The molecule has 1 aliphatic heterocycles. The average molecular weight is 515 g/mol. The molecule has 0 radical (unpaired) electrons. The van der Waals surface area contributed by atoms with Crippen LogP contribution in [0.15, 0.2) is 54.6 Å². The Morgan fingerprint density at radius 1 is 1.11 bits per heavy atom. The number of nitrogens with zero attached hydrogens (tertiary/aromatic N) is 1. The molecule has 6 heteroatoms. The average Bonchev–Trinajstić information content (AvgIpc) is 2.72. The van der Waals surface area contributed by atoms with E-state index >= 15 is 0 Å². The van der Waals surface area contributed by atoms with Gasteiger partial charge in [0.1, 0.15) is 0 Å². The molecule has 1 amide bonds. The van der Waals surface area contributed by atoms with E-state index in [-0.39, 0.29) is 18.1 Å². The molecule has 1 fully saturated rings. The van der Waals surface area contributed by atoms with E-state index in [9.17, 15) is 4.79 Å². The Hall–Kier alpha value is -1.15. The first-order valence-electron chi connectivity index (χ1n) is 9.50. The van der Waals surface area contributed by atoms with Crippen molar-refractivity contribution < 1.29 is 9.53 Å². The van der Waals surface area contributed by atoms with Gasteiger partial charge in [-0.25, -0.2) is 0 Å². The van der Waals surface area contributed by atoms with Gasteiger partial charge >= 0.3 is 180 Å². The molecule has 28 heavy (non-hydrogen) atoms. The molecule has 2 aromatic carbocycles. The first-order chi connectivity index (χ1) is 13.5. The zero-order valence-electron chi connectivity index (χ0n) is 16.2. The van der Waals surface area contributed by atoms with Crippen LogP contribution >= 0.6 is 31.4 Å². The molecule has 1 unspecified atom stereocenters. The van der Waals surface area contributed by atoms with E-state index in [1.54, 1.807) is 0 Å². The van der Waals surface area contributed by atoms with Gasteiger partial charge in [0.2, 0.25) is 0 Å². The molecule has 0 spiro atoms. The number of halogens is 2. The number of hydrogen-bond acceptors (Lipinski definition) is 3. The van der Waals surface area contributed by atoms with Crippen LogP contribution in [-0.2, 0) is 15.1 Å². The van der Waals surface area contributed by atoms with Crippen molar-refractivity contribution in [3.05, 3.63) is 70.7 Å². The predicted octanol–water partition coefficient (Wildman–Crippen LogP) is 3.93. The number of primary amides is 1. The number of alkyl halides is 3. The molecule has 1 atom stereocenters. The first-order valence-corrected chi connectivity index (χ1v) is 14.5. The van der Waals surface area contributed by atoms with Crippen LogP contribution in [0.25, 0.3) is 0 Å². The van der Waals surface area contributed by atoms with Gasteiger partial charge in [-0.2, -0.15) is 0 Å². The molecule has 0 aromatic heterocycles. The summed E-state index contributed by atoms with van der Waals surface area (Å²) in [6.07, 6.45) is 0. The second kappa shape index (κ2) is 10.1. The normalized spacial score (nSPS) is 18.6. The van der Waals surface area contributed by atoms with E-state index in [1.807, 2.05) is 12.1 Å². The predicted molar refractivity (Wildman–Crippen MR) is 125 cm³/mol. The van der Waals surface area contributed by atoms with Crippen molar-refractivity contribution in [1.82, 2.24) is 4.90 Å². The Labute approximate surface area is 179 Å². The fourth-order valence-electron chi connectivity index (χ4n) is 3.69. The van der Waals surface area contributed by atoms with E-state index < -0.39 is 19.8 Å². The molecule has 1 saturated heterocycles. The molecule has 2 aromatic rings. The third-order valence-corrected chi connectivity index (χ3v) is 11.6. The summed E-state index contributed by atoms with van der Waals surface area (Å²) in [5.41, 5.74) is 7.54. The van der Waals surface area contributed by atoms with Crippen LogP contribution in [0.5, 0.6) is 0 Å². The van der Waals surface area contributed by atoms with Crippen molar-refractivity contribution in [2.24, 2.45) is 5.73 Å². The van der Waals surface area contributed by atoms with Crippen molar-refractivity contribution in [2.45, 2.75) is 12.5 Å². The number of benzene rings is 2. The Kier molecular flexibility index (Phi) is 7.74.